The Bertz CT molecular complexity index is 6.00. The van der Waals surface area contributed by atoms with Crippen LogP contribution in [-0.4, -0.2) is 0 Å². The van der Waals surface area contributed by atoms with Gasteiger partial charge in [0.15, 0.2) is 0 Å². The second kappa shape index (κ2) is 8.84. The van der Waals surface area contributed by atoms with Gasteiger partial charge in [0.25, 0.3) is 0 Å². The van der Waals surface area contributed by atoms with Crippen LogP contribution >= 0.6 is 23.7 Å². The number of halogens is 2. The first-order valence-corrected chi connectivity index (χ1v) is 0.926. The van der Waals surface area contributed by atoms with E-state index < -0.39 is 0 Å². The second-order valence-electron chi connectivity index (χ2n) is 0.0583. The molecule has 0 heterocycles. The monoisotopic (exact) mass is 250 g/mol. The quantitative estimate of drug-likeness (QED) is 0.629. The Morgan fingerprint density at radius 3 is 1.25 bits per heavy atom. The number of hydrogen-bond donors (Lipinski definition) is 0. The molecule has 1 nitrogen and oxygen atoms in total. The Morgan fingerprint density at radius 1 is 1.25 bits per heavy atom. The summed E-state index contributed by atoms with van der Waals surface area (Å²) in [6, 6.07) is 0. The summed E-state index contributed by atoms with van der Waals surface area (Å²) in [7, 11) is 0. The van der Waals surface area contributed by atoms with Crippen molar-refractivity contribution in [3.05, 3.63) is 0 Å². The molecule has 0 N–H and O–H groups in total. The normalized spacial score (nSPS) is 4.50. The Hall–Kier alpha value is 1.81. The van der Waals surface area contributed by atoms with Gasteiger partial charge in [0, 0.05) is 38.2 Å². The maximum atomic E-state index is 4.26. The molecule has 0 aromatic rings. The van der Waals surface area contributed by atoms with E-state index in [1.165, 1.54) is 0 Å². The molecule has 0 fully saturated rings. The van der Waals surface area contributed by atoms with Crippen LogP contribution in [0, 0.1) is 38.2 Å². The van der Waals surface area contributed by atoms with Gasteiger partial charge in [-0.15, -0.1) is 0 Å². The summed E-state index contributed by atoms with van der Waals surface area (Å²) in [5.74, 6) is 0. The van der Waals surface area contributed by atoms with Crippen molar-refractivity contribution in [3.8, 4) is 0 Å². The van der Waals surface area contributed by atoms with Crippen LogP contribution in [0.4, 0.5) is 0 Å². The van der Waals surface area contributed by atoms with Crippen molar-refractivity contribution in [2.75, 3.05) is 0 Å². The van der Waals surface area contributed by atoms with E-state index in [1.54, 1.807) is 0 Å². The Labute approximate surface area is 65.0 Å². The van der Waals surface area contributed by atoms with E-state index in [0.717, 1.165) is 0 Å². The van der Waals surface area contributed by atoms with Crippen molar-refractivity contribution in [1.29, 1.82) is 0 Å². The molecule has 0 bridgehead atoms. The van der Waals surface area contributed by atoms with E-state index in [1.807, 2.05) is 0 Å². The number of hydrogen-bond acceptors (Lipinski definition) is 1. The zero-order valence-corrected chi connectivity index (χ0v) is 5.02. The fourth-order valence-corrected chi connectivity index (χ4v) is 0. The van der Waals surface area contributed by atoms with Crippen molar-refractivity contribution < 1.29 is 42.0 Å². The van der Waals surface area contributed by atoms with E-state index in [9.17, 15) is 0 Å². The van der Waals surface area contributed by atoms with Crippen molar-refractivity contribution >= 4 is 23.7 Å². The van der Waals surface area contributed by atoms with E-state index in [0.29, 0.717) is 0 Å². The van der Waals surface area contributed by atoms with Crippen LogP contribution in [0.15, 0.2) is 0 Å². The molecular weight excluding hydrogens is 249 g/mol. The summed E-state index contributed by atoms with van der Waals surface area (Å²) >= 11 is 8.53. The molecule has 0 atom stereocenters. The minimum Gasteiger partial charge on any atom is -0.166 e. The van der Waals surface area contributed by atoms with E-state index in [4.69, 9.17) is 0 Å². The molecule has 0 saturated heterocycles. The van der Waals surface area contributed by atoms with Crippen LogP contribution in [-0.2, 0) is 3.84 Å². The van der Waals surface area contributed by atoms with Gasteiger partial charge in [-0.25, -0.2) is 0 Å². The van der Waals surface area contributed by atoms with Gasteiger partial charge >= 0.3 is 0 Å². The van der Waals surface area contributed by atoms with Gasteiger partial charge in [-0.05, 0) is 0 Å². The molecular formula is Cl2DyO. The molecule has 0 aromatic heterocycles. The SMILES string of the molecule is ClOCl.[Dy]. The first kappa shape index (κ1) is 9.26. The van der Waals surface area contributed by atoms with Gasteiger partial charge in [0.05, 0.1) is 23.7 Å². The van der Waals surface area contributed by atoms with Crippen molar-refractivity contribution in [3.63, 3.8) is 0 Å². The van der Waals surface area contributed by atoms with Gasteiger partial charge in [-0.1, -0.05) is 0 Å². The maximum Gasteiger partial charge on any atom is 0.0832 e. The molecule has 0 aliphatic heterocycles. The van der Waals surface area contributed by atoms with Gasteiger partial charge in [-0.3, -0.25) is 0 Å². The summed E-state index contributed by atoms with van der Waals surface area (Å²) in [5, 5.41) is 0. The minimum atomic E-state index is 0. The maximum absolute atomic E-state index is 4.26. The Kier molecular flexibility index (Phi) is 20.5. The van der Waals surface area contributed by atoms with E-state index in [2.05, 4.69) is 27.6 Å². The topological polar surface area (TPSA) is 9.23 Å². The molecule has 0 saturated carbocycles. The van der Waals surface area contributed by atoms with Crippen molar-refractivity contribution in [1.82, 2.24) is 0 Å². The molecule has 30 valence electrons. The fraction of sp³-hybridized carbons (Fsp3) is 0. The Morgan fingerprint density at radius 2 is 1.25 bits per heavy atom. The fourth-order valence-electron chi connectivity index (χ4n) is 0. The van der Waals surface area contributed by atoms with Crippen LogP contribution < -0.4 is 0 Å². The Balaban J connectivity index is 0. The molecule has 0 aromatic carbocycles. The zero-order valence-electron chi connectivity index (χ0n) is 1.48. The standard InChI is InChI=1S/Cl2O.Dy/c1-3-2;. The average Bonchev–Trinajstić information content (AvgIpc) is 0.918. The van der Waals surface area contributed by atoms with Gasteiger partial charge in [-0.2, -0.15) is 3.84 Å². The number of rotatable bonds is 0. The zero-order chi connectivity index (χ0) is 2.71. The van der Waals surface area contributed by atoms with Crippen LogP contribution in [0.1, 0.15) is 0 Å². The van der Waals surface area contributed by atoms with Crippen LogP contribution in [0.2, 0.25) is 0 Å². The van der Waals surface area contributed by atoms with E-state index in [-0.39, 0.29) is 38.2 Å². The minimum absolute atomic E-state index is 0. The van der Waals surface area contributed by atoms with Crippen molar-refractivity contribution in [2.45, 2.75) is 0 Å². The van der Waals surface area contributed by atoms with Crippen LogP contribution in [0.25, 0.3) is 0 Å². The molecule has 0 spiro atoms. The average molecular weight is 249 g/mol. The van der Waals surface area contributed by atoms with Gasteiger partial charge < -0.3 is 0 Å². The largest absolute Gasteiger partial charge is 0.166 e. The van der Waals surface area contributed by atoms with E-state index >= 15 is 0 Å². The van der Waals surface area contributed by atoms with Gasteiger partial charge in [0.1, 0.15) is 0 Å². The molecule has 0 radical (unpaired) electrons. The van der Waals surface area contributed by atoms with Crippen LogP contribution in [0.5, 0.6) is 0 Å². The molecule has 0 aliphatic carbocycles. The molecule has 4 heteroatoms. The van der Waals surface area contributed by atoms with Crippen molar-refractivity contribution in [2.24, 2.45) is 0 Å². The third-order valence-corrected chi connectivity index (χ3v) is 0. The smallest absolute Gasteiger partial charge is 0.0832 e. The predicted molar refractivity (Wildman–Crippen MR) is 12.8 cm³/mol. The van der Waals surface area contributed by atoms with Crippen LogP contribution in [0.3, 0.4) is 0 Å². The molecule has 0 unspecified atom stereocenters. The summed E-state index contributed by atoms with van der Waals surface area (Å²) in [6.45, 7) is 0. The predicted octanol–water partition coefficient (Wildman–Crippen LogP) is 1.31. The molecule has 0 rings (SSSR count). The summed E-state index contributed by atoms with van der Waals surface area (Å²) < 4.78 is 3.19. The molecule has 0 aliphatic rings. The molecule has 4 heavy (non-hydrogen) atoms. The third kappa shape index (κ3) is 9.18. The summed E-state index contributed by atoms with van der Waals surface area (Å²) in [5.41, 5.74) is 0. The van der Waals surface area contributed by atoms with Gasteiger partial charge in [0.2, 0.25) is 0 Å². The second-order valence-corrected chi connectivity index (χ2v) is 0.525. The first-order chi connectivity index (χ1) is 1.41. The molecule has 0 amide bonds. The summed E-state index contributed by atoms with van der Waals surface area (Å²) in [4.78, 5) is 0. The first-order valence-electron chi connectivity index (χ1n) is 0.309. The third-order valence-electron chi connectivity index (χ3n) is 0. The summed E-state index contributed by atoms with van der Waals surface area (Å²) in [6.07, 6.45) is 0.